The molecule has 7 nitrogen and oxygen atoms in total. The number of carbonyl (C=O) groups is 1. The Morgan fingerprint density at radius 3 is 2.68 bits per heavy atom. The first-order chi connectivity index (χ1) is 13.5. The van der Waals surface area contributed by atoms with E-state index in [2.05, 4.69) is 9.97 Å². The number of hydrogen-bond donors (Lipinski definition) is 1. The van der Waals surface area contributed by atoms with Crippen LogP contribution < -0.4 is 10.3 Å². The molecule has 2 aromatic heterocycles. The Balaban J connectivity index is 1.94. The second-order valence-electron chi connectivity index (χ2n) is 6.70. The van der Waals surface area contributed by atoms with E-state index >= 15 is 0 Å². The molecule has 0 aliphatic carbocycles. The third-order valence-electron chi connectivity index (χ3n) is 4.31. The molecule has 0 aliphatic rings. The molecule has 1 aromatic carbocycles. The Morgan fingerprint density at radius 2 is 2.00 bits per heavy atom. The topological polar surface area (TPSA) is 78.5 Å². The largest absolute Gasteiger partial charge is 0.494 e. The fraction of sp³-hybridized carbons (Fsp3) is 0.286. The highest BCUT2D eigenvalue weighted by molar-refractivity contribution is 5.80. The molecule has 0 saturated heterocycles. The first-order valence-corrected chi connectivity index (χ1v) is 9.12. The molecule has 0 spiro atoms. The van der Waals surface area contributed by atoms with Crippen LogP contribution in [0.1, 0.15) is 18.1 Å². The van der Waals surface area contributed by atoms with Crippen molar-refractivity contribution < 1.29 is 9.53 Å². The highest BCUT2D eigenvalue weighted by Crippen LogP contribution is 2.20. The lowest BCUT2D eigenvalue weighted by Gasteiger charge is -2.26. The highest BCUT2D eigenvalue weighted by atomic mass is 16.5. The minimum Gasteiger partial charge on any atom is -0.494 e. The Kier molecular flexibility index (Phi) is 5.93. The van der Waals surface area contributed by atoms with E-state index in [1.165, 1.54) is 4.90 Å². The van der Waals surface area contributed by atoms with Crippen molar-refractivity contribution in [2.24, 2.45) is 0 Å². The van der Waals surface area contributed by atoms with E-state index in [1.807, 2.05) is 43.3 Å². The number of ether oxygens (including phenoxy) is 1. The summed E-state index contributed by atoms with van der Waals surface area (Å²) in [5.74, 6) is 0.740. The van der Waals surface area contributed by atoms with Gasteiger partial charge in [0.2, 0.25) is 0 Å². The van der Waals surface area contributed by atoms with Crippen LogP contribution in [-0.2, 0) is 13.1 Å². The maximum absolute atomic E-state index is 12.7. The molecule has 2 heterocycles. The number of nitrogens with zero attached hydrogens (tertiary/aromatic N) is 3. The van der Waals surface area contributed by atoms with Crippen molar-refractivity contribution in [2.75, 3.05) is 20.7 Å². The van der Waals surface area contributed by atoms with Crippen LogP contribution in [-0.4, -0.2) is 46.5 Å². The highest BCUT2D eigenvalue weighted by Gasteiger charge is 2.18. The molecule has 1 N–H and O–H groups in total. The van der Waals surface area contributed by atoms with E-state index in [-0.39, 0.29) is 18.1 Å². The molecular weight excluding hydrogens is 356 g/mol. The van der Waals surface area contributed by atoms with Crippen LogP contribution in [0, 0.1) is 0 Å². The number of pyridine rings is 2. The van der Waals surface area contributed by atoms with Gasteiger partial charge in [-0.05, 0) is 42.8 Å². The number of rotatable bonds is 6. The third-order valence-corrected chi connectivity index (χ3v) is 4.31. The van der Waals surface area contributed by atoms with Gasteiger partial charge in [-0.2, -0.15) is 0 Å². The average Bonchev–Trinajstić information content (AvgIpc) is 2.68. The summed E-state index contributed by atoms with van der Waals surface area (Å²) in [5, 5.41) is 0.860. The minimum absolute atomic E-state index is 0.175. The van der Waals surface area contributed by atoms with Crippen molar-refractivity contribution in [2.45, 2.75) is 20.0 Å². The maximum Gasteiger partial charge on any atom is 0.320 e. The van der Waals surface area contributed by atoms with Gasteiger partial charge >= 0.3 is 6.03 Å². The molecule has 0 fully saturated rings. The van der Waals surface area contributed by atoms with Gasteiger partial charge in [0.05, 0.1) is 13.2 Å². The number of urea groups is 1. The average molecular weight is 380 g/mol. The van der Waals surface area contributed by atoms with E-state index in [0.29, 0.717) is 18.7 Å². The van der Waals surface area contributed by atoms with Crippen LogP contribution in [0.5, 0.6) is 5.75 Å². The van der Waals surface area contributed by atoms with E-state index in [4.69, 9.17) is 4.74 Å². The number of hydrogen-bond acceptors (Lipinski definition) is 4. The van der Waals surface area contributed by atoms with E-state index in [1.54, 1.807) is 31.4 Å². The summed E-state index contributed by atoms with van der Waals surface area (Å²) in [6.45, 7) is 3.04. The summed E-state index contributed by atoms with van der Waals surface area (Å²) >= 11 is 0. The lowest BCUT2D eigenvalue weighted by atomic mass is 10.1. The molecule has 0 saturated carbocycles. The molecule has 28 heavy (non-hydrogen) atoms. The fourth-order valence-corrected chi connectivity index (χ4v) is 3.00. The SMILES string of the molecule is CCOc1ccc2[nH]c(=O)c(CN(Cc3cccnc3)C(=O)N(C)C)cc2c1. The number of nitrogens with one attached hydrogen (secondary N) is 1. The Bertz CT molecular complexity index is 1020. The zero-order valence-corrected chi connectivity index (χ0v) is 16.3. The minimum atomic E-state index is -0.209. The second-order valence-corrected chi connectivity index (χ2v) is 6.70. The summed E-state index contributed by atoms with van der Waals surface area (Å²) in [6, 6.07) is 10.9. The molecule has 0 bridgehead atoms. The van der Waals surface area contributed by atoms with Gasteiger partial charge in [0, 0.05) is 49.5 Å². The molecule has 3 rings (SSSR count). The van der Waals surface area contributed by atoms with E-state index in [0.717, 1.165) is 22.2 Å². The lowest BCUT2D eigenvalue weighted by molar-refractivity contribution is 0.165. The number of aromatic amines is 1. The summed E-state index contributed by atoms with van der Waals surface area (Å²) < 4.78 is 5.54. The van der Waals surface area contributed by atoms with Crippen molar-refractivity contribution in [3.05, 3.63) is 70.3 Å². The normalized spacial score (nSPS) is 10.7. The third kappa shape index (κ3) is 4.49. The summed E-state index contributed by atoms with van der Waals surface area (Å²) in [4.78, 5) is 35.4. The predicted octanol–water partition coefficient (Wildman–Crippen LogP) is 3.01. The molecule has 0 aliphatic heterocycles. The van der Waals surface area contributed by atoms with Gasteiger partial charge in [-0.15, -0.1) is 0 Å². The number of amides is 2. The van der Waals surface area contributed by atoms with Crippen molar-refractivity contribution in [1.82, 2.24) is 19.8 Å². The summed E-state index contributed by atoms with van der Waals surface area (Å²) in [7, 11) is 3.38. The zero-order valence-electron chi connectivity index (χ0n) is 16.3. The predicted molar refractivity (Wildman–Crippen MR) is 108 cm³/mol. The van der Waals surface area contributed by atoms with Crippen LogP contribution in [0.15, 0.2) is 53.6 Å². The number of benzene rings is 1. The molecule has 146 valence electrons. The van der Waals surface area contributed by atoms with Crippen LogP contribution >= 0.6 is 0 Å². The number of aromatic nitrogens is 2. The molecule has 0 unspecified atom stereocenters. The van der Waals surface area contributed by atoms with Gasteiger partial charge in [-0.1, -0.05) is 6.07 Å². The van der Waals surface area contributed by atoms with Gasteiger partial charge in [-0.25, -0.2) is 4.79 Å². The van der Waals surface area contributed by atoms with Crippen molar-refractivity contribution in [3.63, 3.8) is 0 Å². The van der Waals surface area contributed by atoms with E-state index < -0.39 is 0 Å². The van der Waals surface area contributed by atoms with Crippen molar-refractivity contribution in [3.8, 4) is 5.75 Å². The number of H-pyrrole nitrogens is 1. The molecule has 7 heteroatoms. The summed E-state index contributed by atoms with van der Waals surface area (Å²) in [6.07, 6.45) is 3.40. The van der Waals surface area contributed by atoms with E-state index in [9.17, 15) is 9.59 Å². The van der Waals surface area contributed by atoms with Gasteiger partial charge in [-0.3, -0.25) is 9.78 Å². The molecule has 2 amide bonds. The Labute approximate surface area is 163 Å². The van der Waals surface area contributed by atoms with Crippen molar-refractivity contribution >= 4 is 16.9 Å². The van der Waals surface area contributed by atoms with Gasteiger partial charge in [0.25, 0.3) is 5.56 Å². The fourth-order valence-electron chi connectivity index (χ4n) is 3.00. The number of fused-ring (bicyclic) bond motifs is 1. The smallest absolute Gasteiger partial charge is 0.320 e. The molecule has 0 radical (unpaired) electrons. The molecular formula is C21H24N4O3. The van der Waals surface area contributed by atoms with Gasteiger partial charge in [0.15, 0.2) is 0 Å². The zero-order chi connectivity index (χ0) is 20.1. The monoisotopic (exact) mass is 380 g/mol. The van der Waals surface area contributed by atoms with Crippen LogP contribution in [0.4, 0.5) is 4.79 Å². The van der Waals surface area contributed by atoms with Gasteiger partial charge < -0.3 is 19.5 Å². The Morgan fingerprint density at radius 1 is 1.18 bits per heavy atom. The van der Waals surface area contributed by atoms with Crippen LogP contribution in [0.2, 0.25) is 0 Å². The van der Waals surface area contributed by atoms with Crippen LogP contribution in [0.25, 0.3) is 10.9 Å². The molecule has 3 aromatic rings. The summed E-state index contributed by atoms with van der Waals surface area (Å²) in [5.41, 5.74) is 1.93. The maximum atomic E-state index is 12.7. The number of carbonyl (C=O) groups excluding carboxylic acids is 1. The standard InChI is InChI=1S/C21H24N4O3/c1-4-28-18-7-8-19-16(11-18)10-17(20(26)23-19)14-25(21(27)24(2)3)13-15-6-5-9-22-12-15/h5-12H,4,13-14H2,1-3H3,(H,23,26). The first kappa shape index (κ1) is 19.4. The lowest BCUT2D eigenvalue weighted by Crippen LogP contribution is -2.39. The van der Waals surface area contributed by atoms with Crippen molar-refractivity contribution in [1.29, 1.82) is 0 Å². The molecule has 0 atom stereocenters. The Hall–Kier alpha value is -3.35. The van der Waals surface area contributed by atoms with Gasteiger partial charge in [0.1, 0.15) is 5.75 Å². The second kappa shape index (κ2) is 8.56. The first-order valence-electron chi connectivity index (χ1n) is 9.12. The quantitative estimate of drug-likeness (QED) is 0.713. The van der Waals surface area contributed by atoms with Crippen LogP contribution in [0.3, 0.4) is 0 Å².